The van der Waals surface area contributed by atoms with Gasteiger partial charge >= 0.3 is 0 Å². The molecule has 4 nitrogen and oxygen atoms in total. The van der Waals surface area contributed by atoms with Crippen LogP contribution in [-0.2, 0) is 20.0 Å². The molecular weight excluding hydrogens is 315 g/mol. The molecule has 25 heavy (non-hydrogen) atoms. The second-order valence-corrected chi connectivity index (χ2v) is 7.38. The van der Waals surface area contributed by atoms with Crippen molar-refractivity contribution >= 4 is 0 Å². The topological polar surface area (TPSA) is 24.3 Å². The van der Waals surface area contributed by atoms with Crippen LogP contribution in [0.3, 0.4) is 0 Å². The van der Waals surface area contributed by atoms with Gasteiger partial charge in [0.05, 0.1) is 6.20 Å². The summed E-state index contributed by atoms with van der Waals surface area (Å²) >= 11 is 0. The number of rotatable bonds is 7. The van der Waals surface area contributed by atoms with Gasteiger partial charge in [-0.05, 0) is 63.0 Å². The third-order valence-electron chi connectivity index (χ3n) is 5.12. The van der Waals surface area contributed by atoms with Gasteiger partial charge in [0.1, 0.15) is 5.82 Å². The van der Waals surface area contributed by atoms with Gasteiger partial charge in [0.25, 0.3) is 0 Å². The summed E-state index contributed by atoms with van der Waals surface area (Å²) in [6.07, 6.45) is 7.58. The van der Waals surface area contributed by atoms with E-state index in [4.69, 9.17) is 0 Å². The Kier molecular flexibility index (Phi) is 6.21. The molecule has 0 bridgehead atoms. The number of aryl methyl sites for hydroxylation is 1. The monoisotopic (exact) mass is 344 g/mol. The Morgan fingerprint density at radius 1 is 1.16 bits per heavy atom. The van der Waals surface area contributed by atoms with Gasteiger partial charge in [-0.15, -0.1) is 0 Å². The van der Waals surface area contributed by atoms with Crippen LogP contribution in [0, 0.1) is 11.7 Å². The van der Waals surface area contributed by atoms with E-state index in [0.29, 0.717) is 0 Å². The van der Waals surface area contributed by atoms with Crippen LogP contribution < -0.4 is 0 Å². The molecule has 136 valence electrons. The van der Waals surface area contributed by atoms with E-state index in [2.05, 4.69) is 28.1 Å². The highest BCUT2D eigenvalue weighted by Gasteiger charge is 2.20. The zero-order chi connectivity index (χ0) is 17.6. The minimum Gasteiger partial charge on any atom is -0.303 e. The second-order valence-electron chi connectivity index (χ2n) is 7.38. The van der Waals surface area contributed by atoms with Gasteiger partial charge in [-0.2, -0.15) is 5.10 Å². The SMILES string of the molecule is CN(Cc1cnn(C)c1)CC1CCN(CCc2ccc(F)cc2)CC1. The smallest absolute Gasteiger partial charge is 0.123 e. The summed E-state index contributed by atoms with van der Waals surface area (Å²) in [4.78, 5) is 4.96. The molecule has 1 fully saturated rings. The molecule has 0 radical (unpaired) electrons. The molecule has 2 heterocycles. The van der Waals surface area contributed by atoms with Crippen molar-refractivity contribution in [1.82, 2.24) is 19.6 Å². The maximum Gasteiger partial charge on any atom is 0.123 e. The number of aromatic nitrogens is 2. The summed E-state index contributed by atoms with van der Waals surface area (Å²) in [6, 6.07) is 6.91. The van der Waals surface area contributed by atoms with Crippen molar-refractivity contribution in [2.45, 2.75) is 25.8 Å². The first-order chi connectivity index (χ1) is 12.1. The molecule has 1 aliphatic rings. The van der Waals surface area contributed by atoms with E-state index in [1.165, 1.54) is 37.1 Å². The normalized spacial score (nSPS) is 16.6. The Labute approximate surface area is 150 Å². The van der Waals surface area contributed by atoms with E-state index >= 15 is 0 Å². The molecule has 0 N–H and O–H groups in total. The Morgan fingerprint density at radius 2 is 1.88 bits per heavy atom. The van der Waals surface area contributed by atoms with Crippen LogP contribution in [0.5, 0.6) is 0 Å². The average Bonchev–Trinajstić information content (AvgIpc) is 3.00. The fourth-order valence-corrected chi connectivity index (χ4v) is 3.70. The van der Waals surface area contributed by atoms with Gasteiger partial charge in [-0.3, -0.25) is 4.68 Å². The molecule has 3 rings (SSSR count). The van der Waals surface area contributed by atoms with Crippen LogP contribution in [0.15, 0.2) is 36.7 Å². The standard InChI is InChI=1S/C20H29FN4/c1-23(15-19-13-22-24(2)16-19)14-18-8-11-25(12-9-18)10-7-17-3-5-20(21)6-4-17/h3-6,13,16,18H,7-12,14-15H2,1-2H3. The number of benzene rings is 1. The van der Waals surface area contributed by atoms with Gasteiger partial charge in [-0.25, -0.2) is 4.39 Å². The Hall–Kier alpha value is -1.72. The molecule has 1 saturated heterocycles. The maximum absolute atomic E-state index is 12.9. The molecule has 0 atom stereocenters. The Morgan fingerprint density at radius 3 is 2.52 bits per heavy atom. The fraction of sp³-hybridized carbons (Fsp3) is 0.550. The molecule has 0 unspecified atom stereocenters. The van der Waals surface area contributed by atoms with Gasteiger partial charge in [0, 0.05) is 38.4 Å². The lowest BCUT2D eigenvalue weighted by molar-refractivity contribution is 0.153. The summed E-state index contributed by atoms with van der Waals surface area (Å²) in [5.74, 6) is 0.628. The Bertz CT molecular complexity index is 644. The van der Waals surface area contributed by atoms with Gasteiger partial charge < -0.3 is 9.80 Å². The van der Waals surface area contributed by atoms with E-state index in [1.807, 2.05) is 30.1 Å². The van der Waals surface area contributed by atoms with Crippen LogP contribution in [0.4, 0.5) is 4.39 Å². The average molecular weight is 344 g/mol. The van der Waals surface area contributed by atoms with Gasteiger partial charge in [-0.1, -0.05) is 12.1 Å². The number of nitrogens with zero attached hydrogens (tertiary/aromatic N) is 4. The fourth-order valence-electron chi connectivity index (χ4n) is 3.70. The van der Waals surface area contributed by atoms with Crippen molar-refractivity contribution in [2.24, 2.45) is 13.0 Å². The quantitative estimate of drug-likeness (QED) is 0.772. The lowest BCUT2D eigenvalue weighted by Gasteiger charge is -2.33. The van der Waals surface area contributed by atoms with E-state index in [-0.39, 0.29) is 5.82 Å². The molecule has 1 aromatic heterocycles. The second kappa shape index (κ2) is 8.59. The van der Waals surface area contributed by atoms with E-state index < -0.39 is 0 Å². The van der Waals surface area contributed by atoms with Gasteiger partial charge in [0.15, 0.2) is 0 Å². The predicted octanol–water partition coefficient (Wildman–Crippen LogP) is 2.95. The van der Waals surface area contributed by atoms with Crippen molar-refractivity contribution in [1.29, 1.82) is 0 Å². The first-order valence-electron chi connectivity index (χ1n) is 9.21. The van der Waals surface area contributed by atoms with Crippen LogP contribution in [0.25, 0.3) is 0 Å². The van der Waals surface area contributed by atoms with Crippen LogP contribution >= 0.6 is 0 Å². The molecule has 1 aliphatic heterocycles. The summed E-state index contributed by atoms with van der Waals surface area (Å²) in [5, 5.41) is 4.24. The van der Waals surface area contributed by atoms with E-state index in [0.717, 1.165) is 32.0 Å². The maximum atomic E-state index is 12.9. The van der Waals surface area contributed by atoms with Crippen molar-refractivity contribution in [3.05, 3.63) is 53.6 Å². The zero-order valence-corrected chi connectivity index (χ0v) is 15.4. The van der Waals surface area contributed by atoms with Crippen LogP contribution in [-0.4, -0.2) is 52.8 Å². The first kappa shape index (κ1) is 18.1. The lowest BCUT2D eigenvalue weighted by Crippen LogP contribution is -2.38. The molecule has 0 spiro atoms. The molecule has 0 amide bonds. The molecule has 2 aromatic rings. The van der Waals surface area contributed by atoms with Crippen molar-refractivity contribution in [3.63, 3.8) is 0 Å². The minimum absolute atomic E-state index is 0.153. The summed E-state index contributed by atoms with van der Waals surface area (Å²) in [6.45, 7) is 5.54. The highest BCUT2D eigenvalue weighted by Crippen LogP contribution is 2.19. The summed E-state index contributed by atoms with van der Waals surface area (Å²) in [7, 11) is 4.17. The molecular formula is C20H29FN4. The van der Waals surface area contributed by atoms with Crippen molar-refractivity contribution in [3.8, 4) is 0 Å². The molecule has 0 saturated carbocycles. The van der Waals surface area contributed by atoms with Crippen LogP contribution in [0.1, 0.15) is 24.0 Å². The highest BCUT2D eigenvalue weighted by molar-refractivity contribution is 5.16. The van der Waals surface area contributed by atoms with Crippen molar-refractivity contribution in [2.75, 3.05) is 33.2 Å². The number of halogens is 1. The summed E-state index contributed by atoms with van der Waals surface area (Å²) < 4.78 is 14.8. The highest BCUT2D eigenvalue weighted by atomic mass is 19.1. The third kappa shape index (κ3) is 5.65. The van der Waals surface area contributed by atoms with Crippen LogP contribution in [0.2, 0.25) is 0 Å². The molecule has 5 heteroatoms. The number of hydrogen-bond donors (Lipinski definition) is 0. The molecule has 1 aromatic carbocycles. The predicted molar refractivity (Wildman–Crippen MR) is 98.8 cm³/mol. The van der Waals surface area contributed by atoms with Gasteiger partial charge in [0.2, 0.25) is 0 Å². The number of piperidine rings is 1. The Balaban J connectivity index is 1.36. The zero-order valence-electron chi connectivity index (χ0n) is 15.4. The third-order valence-corrected chi connectivity index (χ3v) is 5.12. The van der Waals surface area contributed by atoms with E-state index in [9.17, 15) is 4.39 Å². The minimum atomic E-state index is -0.153. The first-order valence-corrected chi connectivity index (χ1v) is 9.21. The van der Waals surface area contributed by atoms with Crippen molar-refractivity contribution < 1.29 is 4.39 Å². The van der Waals surface area contributed by atoms with E-state index in [1.54, 1.807) is 12.1 Å². The largest absolute Gasteiger partial charge is 0.303 e. The number of hydrogen-bond acceptors (Lipinski definition) is 3. The lowest BCUT2D eigenvalue weighted by atomic mass is 9.96. The summed E-state index contributed by atoms with van der Waals surface area (Å²) in [5.41, 5.74) is 2.50. The number of likely N-dealkylation sites (tertiary alicyclic amines) is 1. The molecule has 0 aliphatic carbocycles.